The number of hydrogen-bond donors (Lipinski definition) is 1. The molecule has 2 amide bonds. The van der Waals surface area contributed by atoms with Crippen molar-refractivity contribution in [1.82, 2.24) is 19.4 Å². The number of aromatic hydroxyl groups is 1. The van der Waals surface area contributed by atoms with E-state index in [0.717, 1.165) is 74.5 Å². The average molecular weight is 652 g/mol. The van der Waals surface area contributed by atoms with Crippen LogP contribution in [0.3, 0.4) is 0 Å². The number of pyridine rings is 1. The molecule has 3 aliphatic rings. The summed E-state index contributed by atoms with van der Waals surface area (Å²) >= 11 is 0. The second-order valence-electron chi connectivity index (χ2n) is 13.8. The fourth-order valence-corrected chi connectivity index (χ4v) is 7.91. The molecule has 5 heterocycles. The van der Waals surface area contributed by atoms with Crippen molar-refractivity contribution in [2.45, 2.75) is 71.4 Å². The van der Waals surface area contributed by atoms with Gasteiger partial charge in [-0.1, -0.05) is 30.3 Å². The van der Waals surface area contributed by atoms with E-state index in [1.54, 1.807) is 36.2 Å². The van der Waals surface area contributed by atoms with E-state index in [-0.39, 0.29) is 23.6 Å². The second-order valence-corrected chi connectivity index (χ2v) is 13.8. The Morgan fingerprint density at radius 2 is 1.61 bits per heavy atom. The minimum atomic E-state index is -0.0978. The number of fused-ring (bicyclic) bond motifs is 3. The third-order valence-electron chi connectivity index (χ3n) is 10.5. The van der Waals surface area contributed by atoms with Crippen molar-refractivity contribution in [3.63, 3.8) is 0 Å². The molecule has 0 saturated carbocycles. The first-order valence-electron chi connectivity index (χ1n) is 17.3. The third-order valence-corrected chi connectivity index (χ3v) is 10.5. The molecule has 1 N–H and O–H groups in total. The number of phenols is 1. The topological polar surface area (TPSA) is 81.9 Å². The van der Waals surface area contributed by atoms with Crippen LogP contribution in [0.25, 0.3) is 11.3 Å². The molecule has 0 bridgehead atoms. The summed E-state index contributed by atoms with van der Waals surface area (Å²) in [4.78, 5) is 39.6. The van der Waals surface area contributed by atoms with Crippen LogP contribution in [0.15, 0.2) is 91.1 Å². The summed E-state index contributed by atoms with van der Waals surface area (Å²) < 4.78 is 2.29. The number of rotatable bonds is 6. The van der Waals surface area contributed by atoms with Crippen molar-refractivity contribution in [2.24, 2.45) is 0 Å². The quantitative estimate of drug-likeness (QED) is 0.215. The van der Waals surface area contributed by atoms with Crippen molar-refractivity contribution in [2.75, 3.05) is 11.9 Å². The number of nitrogens with zero attached hydrogens (tertiary/aromatic N) is 5. The lowest BCUT2D eigenvalue weighted by atomic mass is 9.92. The first kappa shape index (κ1) is 31.1. The Hall–Kier alpha value is -5.21. The monoisotopic (exact) mass is 651 g/mol. The van der Waals surface area contributed by atoms with E-state index in [1.165, 1.54) is 22.3 Å². The van der Waals surface area contributed by atoms with Crippen molar-refractivity contribution >= 4 is 17.5 Å². The minimum absolute atomic E-state index is 0.0310. The first-order valence-corrected chi connectivity index (χ1v) is 17.3. The second kappa shape index (κ2) is 12.7. The van der Waals surface area contributed by atoms with Crippen molar-refractivity contribution in [1.29, 1.82) is 0 Å². The molecule has 8 heteroatoms. The largest absolute Gasteiger partial charge is 0.508 e. The van der Waals surface area contributed by atoms with Gasteiger partial charge in [-0.3, -0.25) is 19.5 Å². The molecule has 0 fully saturated rings. The van der Waals surface area contributed by atoms with Crippen molar-refractivity contribution in [3.8, 4) is 17.0 Å². The highest BCUT2D eigenvalue weighted by Gasteiger charge is 2.33. The standard InChI is InChI=1S/C41H41N5O3/c1-27-19-28-9-3-4-10-29(28)25-46(27)41(49)36-21-31-24-44(26-32-11-5-7-17-42-32)23-30(31)20-35(36)39-22-37(38-12-6-8-18-45(38)39)40(48)43(2)33-13-15-34(47)16-14-33/h3-5,7,9-11,13-17,20-22,27,47H,6,8,12,18-19,23-26H2,1-2H3/t27-/m1/s1. The zero-order valence-corrected chi connectivity index (χ0v) is 28.1. The van der Waals surface area contributed by atoms with Crippen molar-refractivity contribution in [3.05, 3.63) is 136 Å². The van der Waals surface area contributed by atoms with Crippen LogP contribution in [0.4, 0.5) is 5.69 Å². The zero-order valence-electron chi connectivity index (χ0n) is 28.1. The van der Waals surface area contributed by atoms with Gasteiger partial charge in [0.2, 0.25) is 0 Å². The van der Waals surface area contributed by atoms with Crippen LogP contribution >= 0.6 is 0 Å². The molecule has 49 heavy (non-hydrogen) atoms. The fraction of sp³-hybridized carbons (Fsp3) is 0.293. The summed E-state index contributed by atoms with van der Waals surface area (Å²) in [5.41, 5.74) is 10.8. The number of benzene rings is 3. The summed E-state index contributed by atoms with van der Waals surface area (Å²) in [6.45, 7) is 5.76. The normalized spacial score (nSPS) is 16.9. The molecule has 0 aliphatic carbocycles. The summed E-state index contributed by atoms with van der Waals surface area (Å²) in [5, 5.41) is 9.82. The highest BCUT2D eigenvalue weighted by molar-refractivity contribution is 6.08. The number of carbonyl (C=O) groups is 2. The summed E-state index contributed by atoms with van der Waals surface area (Å²) in [5.74, 6) is 0.0925. The van der Waals surface area contributed by atoms with Crippen LogP contribution < -0.4 is 4.90 Å². The molecule has 2 aromatic heterocycles. The molecule has 8 nitrogen and oxygen atoms in total. The van der Waals surface area contributed by atoms with E-state index >= 15 is 0 Å². The van der Waals surface area contributed by atoms with Gasteiger partial charge in [0.1, 0.15) is 5.75 Å². The third kappa shape index (κ3) is 5.80. The van der Waals surface area contributed by atoms with Crippen molar-refractivity contribution < 1.29 is 14.7 Å². The van der Waals surface area contributed by atoms with Gasteiger partial charge in [-0.25, -0.2) is 0 Å². The maximum Gasteiger partial charge on any atom is 0.259 e. The summed E-state index contributed by atoms with van der Waals surface area (Å²) in [7, 11) is 1.78. The molecule has 0 saturated heterocycles. The lowest BCUT2D eigenvalue weighted by molar-refractivity contribution is 0.0658. The number of anilines is 1. The lowest BCUT2D eigenvalue weighted by Crippen LogP contribution is -2.42. The van der Waals surface area contributed by atoms with Gasteiger partial charge < -0.3 is 19.5 Å². The molecule has 8 rings (SSSR count). The Morgan fingerprint density at radius 3 is 2.39 bits per heavy atom. The van der Waals surface area contributed by atoms with Gasteiger partial charge in [-0.15, -0.1) is 0 Å². The molecular formula is C41H41N5O3. The van der Waals surface area contributed by atoms with Crippen LogP contribution in [0.1, 0.15) is 74.1 Å². The summed E-state index contributed by atoms with van der Waals surface area (Å²) in [6.07, 6.45) is 5.48. The Kier molecular flexibility index (Phi) is 8.04. The molecule has 0 spiro atoms. The Morgan fingerprint density at radius 1 is 0.857 bits per heavy atom. The van der Waals surface area contributed by atoms with Gasteiger partial charge in [0.25, 0.3) is 11.8 Å². The number of carbonyl (C=O) groups excluding carboxylic acids is 2. The van der Waals surface area contributed by atoms with Gasteiger partial charge >= 0.3 is 0 Å². The first-order chi connectivity index (χ1) is 23.8. The maximum atomic E-state index is 14.8. The molecule has 1 atom stereocenters. The van der Waals surface area contributed by atoms with Gasteiger partial charge in [0, 0.05) is 80.2 Å². The number of hydrogen-bond acceptors (Lipinski definition) is 5. The molecule has 0 radical (unpaired) electrons. The van der Waals surface area contributed by atoms with E-state index in [1.807, 2.05) is 29.3 Å². The Balaban J connectivity index is 1.22. The molecular weight excluding hydrogens is 610 g/mol. The molecule has 3 aromatic carbocycles. The maximum absolute atomic E-state index is 14.8. The Labute approximate surface area is 287 Å². The fourth-order valence-electron chi connectivity index (χ4n) is 7.91. The lowest BCUT2D eigenvalue weighted by Gasteiger charge is -2.35. The van der Waals surface area contributed by atoms with Gasteiger partial charge in [0.15, 0.2) is 0 Å². The van der Waals surface area contributed by atoms with E-state index < -0.39 is 0 Å². The Bertz CT molecular complexity index is 2050. The predicted octanol–water partition coefficient (Wildman–Crippen LogP) is 6.97. The molecule has 248 valence electrons. The average Bonchev–Trinajstić information content (AvgIpc) is 3.71. The number of amides is 2. The molecule has 0 unspecified atom stereocenters. The highest BCUT2D eigenvalue weighted by atomic mass is 16.3. The van der Waals surface area contributed by atoms with Crippen LogP contribution in [-0.2, 0) is 45.6 Å². The minimum Gasteiger partial charge on any atom is -0.508 e. The van der Waals surface area contributed by atoms with Gasteiger partial charge in [0.05, 0.1) is 11.3 Å². The van der Waals surface area contributed by atoms with Crippen LogP contribution in [-0.4, -0.2) is 49.4 Å². The van der Waals surface area contributed by atoms with E-state index in [2.05, 4.69) is 63.8 Å². The number of phenolic OH excluding ortho intramolecular Hbond substituents is 1. The van der Waals surface area contributed by atoms with E-state index in [0.29, 0.717) is 23.4 Å². The van der Waals surface area contributed by atoms with E-state index in [4.69, 9.17) is 0 Å². The van der Waals surface area contributed by atoms with Crippen LogP contribution in [0, 0.1) is 0 Å². The zero-order chi connectivity index (χ0) is 33.6. The van der Waals surface area contributed by atoms with Gasteiger partial charge in [-0.05, 0) is 109 Å². The summed E-state index contributed by atoms with van der Waals surface area (Å²) in [6, 6.07) is 27.6. The predicted molar refractivity (Wildman–Crippen MR) is 190 cm³/mol. The highest BCUT2D eigenvalue weighted by Crippen LogP contribution is 2.38. The van der Waals surface area contributed by atoms with E-state index in [9.17, 15) is 14.7 Å². The SMILES string of the molecule is C[C@@H]1Cc2ccccc2CN1C(=O)c1cc2c(cc1-c1cc(C(=O)N(C)c3ccc(O)cc3)c3n1CCCC3)CN(Cc1ccccn1)C2. The molecule has 5 aromatic rings. The van der Waals surface area contributed by atoms with Crippen LogP contribution in [0.2, 0.25) is 0 Å². The number of aromatic nitrogens is 2. The van der Waals surface area contributed by atoms with Gasteiger partial charge in [-0.2, -0.15) is 0 Å². The smallest absolute Gasteiger partial charge is 0.259 e. The molecule has 3 aliphatic heterocycles. The van der Waals surface area contributed by atoms with Crippen LogP contribution in [0.5, 0.6) is 5.75 Å².